The fraction of sp³-hybridized carbons (Fsp3) is 0.333. The van der Waals surface area contributed by atoms with Gasteiger partial charge in [-0.1, -0.05) is 19.1 Å². The Morgan fingerprint density at radius 3 is 2.60 bits per heavy atom. The lowest BCUT2D eigenvalue weighted by molar-refractivity contribution is 0.550. The SMILES string of the molecule is CCCNC(c1cc(Br)c(Br)s1)c1ccc(C)cc1F. The van der Waals surface area contributed by atoms with E-state index in [-0.39, 0.29) is 11.9 Å². The molecule has 1 unspecified atom stereocenters. The van der Waals surface area contributed by atoms with E-state index in [0.717, 1.165) is 31.7 Å². The van der Waals surface area contributed by atoms with Crippen molar-refractivity contribution >= 4 is 43.2 Å². The predicted molar refractivity (Wildman–Crippen MR) is 91.0 cm³/mol. The quantitative estimate of drug-likeness (QED) is 0.643. The van der Waals surface area contributed by atoms with Gasteiger partial charge < -0.3 is 5.32 Å². The molecule has 0 aliphatic rings. The Morgan fingerprint density at radius 1 is 1.30 bits per heavy atom. The van der Waals surface area contributed by atoms with Crippen molar-refractivity contribution in [3.63, 3.8) is 0 Å². The number of thiophene rings is 1. The van der Waals surface area contributed by atoms with E-state index in [1.165, 1.54) is 0 Å². The van der Waals surface area contributed by atoms with Gasteiger partial charge in [0.05, 0.1) is 9.83 Å². The van der Waals surface area contributed by atoms with Crippen molar-refractivity contribution in [1.82, 2.24) is 5.32 Å². The summed E-state index contributed by atoms with van der Waals surface area (Å²) in [6, 6.07) is 7.36. The second-order valence-corrected chi connectivity index (χ2v) is 7.94. The van der Waals surface area contributed by atoms with Crippen LogP contribution < -0.4 is 5.32 Å². The molecule has 1 aromatic carbocycles. The first-order valence-electron chi connectivity index (χ1n) is 6.47. The monoisotopic (exact) mass is 419 g/mol. The molecule has 0 radical (unpaired) electrons. The number of nitrogens with one attached hydrogen (secondary N) is 1. The van der Waals surface area contributed by atoms with Crippen molar-refractivity contribution in [3.8, 4) is 0 Å². The van der Waals surface area contributed by atoms with E-state index in [9.17, 15) is 4.39 Å². The topological polar surface area (TPSA) is 12.0 Å². The van der Waals surface area contributed by atoms with Crippen molar-refractivity contribution in [2.75, 3.05) is 6.54 Å². The maximum Gasteiger partial charge on any atom is 0.128 e. The van der Waals surface area contributed by atoms with Gasteiger partial charge in [0.1, 0.15) is 5.82 Å². The van der Waals surface area contributed by atoms with Crippen LogP contribution in [-0.4, -0.2) is 6.54 Å². The molecule has 0 aliphatic heterocycles. The molecular weight excluding hydrogens is 405 g/mol. The summed E-state index contributed by atoms with van der Waals surface area (Å²) in [4.78, 5) is 1.10. The number of hydrogen-bond acceptors (Lipinski definition) is 2. The molecule has 0 aliphatic carbocycles. The van der Waals surface area contributed by atoms with Gasteiger partial charge in [-0.15, -0.1) is 11.3 Å². The van der Waals surface area contributed by atoms with Gasteiger partial charge in [0, 0.05) is 14.9 Å². The van der Waals surface area contributed by atoms with Crippen LogP contribution in [0.5, 0.6) is 0 Å². The largest absolute Gasteiger partial charge is 0.306 e. The third kappa shape index (κ3) is 3.70. The van der Waals surface area contributed by atoms with Crippen molar-refractivity contribution in [1.29, 1.82) is 0 Å². The summed E-state index contributed by atoms with van der Waals surface area (Å²) in [5.41, 5.74) is 1.64. The molecule has 0 fully saturated rings. The Balaban J connectivity index is 2.41. The van der Waals surface area contributed by atoms with Gasteiger partial charge in [0.2, 0.25) is 0 Å². The zero-order valence-corrected chi connectivity index (χ0v) is 15.3. The average Bonchev–Trinajstić information content (AvgIpc) is 2.72. The molecule has 5 heteroatoms. The van der Waals surface area contributed by atoms with E-state index in [1.807, 2.05) is 25.1 Å². The number of benzene rings is 1. The first-order valence-corrected chi connectivity index (χ1v) is 8.87. The first-order chi connectivity index (χ1) is 9.52. The van der Waals surface area contributed by atoms with Crippen LogP contribution in [0.2, 0.25) is 0 Å². The molecule has 1 heterocycles. The molecule has 0 amide bonds. The summed E-state index contributed by atoms with van der Waals surface area (Å²) in [6.07, 6.45) is 1.01. The van der Waals surface area contributed by atoms with Gasteiger partial charge in [-0.05, 0) is 69.4 Å². The number of rotatable bonds is 5. The normalized spacial score (nSPS) is 12.7. The zero-order valence-electron chi connectivity index (χ0n) is 11.3. The van der Waals surface area contributed by atoms with Crippen molar-refractivity contribution in [3.05, 3.63) is 54.3 Å². The number of hydrogen-bond donors (Lipinski definition) is 1. The molecular formula is C15H16Br2FNS. The minimum Gasteiger partial charge on any atom is -0.306 e. The molecule has 0 spiro atoms. The highest BCUT2D eigenvalue weighted by Gasteiger charge is 2.20. The summed E-state index contributed by atoms with van der Waals surface area (Å²) in [7, 11) is 0. The summed E-state index contributed by atoms with van der Waals surface area (Å²) >= 11 is 8.62. The van der Waals surface area contributed by atoms with Crippen LogP contribution in [0.4, 0.5) is 4.39 Å². The predicted octanol–water partition coefficient (Wildman–Crippen LogP) is 5.81. The molecule has 0 saturated carbocycles. The molecule has 1 atom stereocenters. The second-order valence-electron chi connectivity index (χ2n) is 4.68. The molecule has 2 rings (SSSR count). The van der Waals surface area contributed by atoms with Gasteiger partial charge in [-0.3, -0.25) is 0 Å². The molecule has 1 aromatic heterocycles. The molecule has 2 aromatic rings. The molecule has 20 heavy (non-hydrogen) atoms. The van der Waals surface area contributed by atoms with Crippen LogP contribution in [0.1, 0.15) is 35.4 Å². The van der Waals surface area contributed by atoms with Gasteiger partial charge in [0.15, 0.2) is 0 Å². The molecule has 108 valence electrons. The van der Waals surface area contributed by atoms with Gasteiger partial charge in [-0.25, -0.2) is 4.39 Å². The Morgan fingerprint density at radius 2 is 2.05 bits per heavy atom. The highest BCUT2D eigenvalue weighted by Crippen LogP contribution is 2.38. The van der Waals surface area contributed by atoms with Crippen molar-refractivity contribution in [2.45, 2.75) is 26.3 Å². The maximum absolute atomic E-state index is 14.3. The van der Waals surface area contributed by atoms with Crippen molar-refractivity contribution in [2.24, 2.45) is 0 Å². The summed E-state index contributed by atoms with van der Waals surface area (Å²) < 4.78 is 16.3. The Labute approximate surface area is 139 Å². The first kappa shape index (κ1) is 16.1. The smallest absolute Gasteiger partial charge is 0.128 e. The minimum absolute atomic E-state index is 0.108. The third-order valence-corrected chi connectivity index (χ3v) is 6.34. The van der Waals surface area contributed by atoms with E-state index >= 15 is 0 Å². The van der Waals surface area contributed by atoms with E-state index < -0.39 is 0 Å². The van der Waals surface area contributed by atoms with Crippen LogP contribution in [0.3, 0.4) is 0 Å². The summed E-state index contributed by atoms with van der Waals surface area (Å²) in [5, 5.41) is 3.43. The highest BCUT2D eigenvalue weighted by atomic mass is 79.9. The van der Waals surface area contributed by atoms with Crippen LogP contribution in [0, 0.1) is 12.7 Å². The van der Waals surface area contributed by atoms with Crippen LogP contribution >= 0.6 is 43.2 Å². The molecule has 0 bridgehead atoms. The van der Waals surface area contributed by atoms with Crippen molar-refractivity contribution < 1.29 is 4.39 Å². The van der Waals surface area contributed by atoms with E-state index in [2.05, 4.69) is 44.1 Å². The lowest BCUT2D eigenvalue weighted by Crippen LogP contribution is -2.23. The Hall–Kier alpha value is -0.230. The Bertz CT molecular complexity index is 578. The van der Waals surface area contributed by atoms with Crippen LogP contribution in [0.15, 0.2) is 32.5 Å². The second kappa shape index (κ2) is 7.16. The molecule has 1 N–H and O–H groups in total. The van der Waals surface area contributed by atoms with E-state index in [0.29, 0.717) is 5.56 Å². The van der Waals surface area contributed by atoms with Crippen LogP contribution in [0.25, 0.3) is 0 Å². The lowest BCUT2D eigenvalue weighted by Gasteiger charge is -2.18. The summed E-state index contributed by atoms with van der Waals surface area (Å²) in [5.74, 6) is -0.153. The van der Waals surface area contributed by atoms with Crippen LogP contribution in [-0.2, 0) is 0 Å². The lowest BCUT2D eigenvalue weighted by atomic mass is 10.0. The maximum atomic E-state index is 14.3. The minimum atomic E-state index is -0.153. The number of aryl methyl sites for hydroxylation is 1. The van der Waals surface area contributed by atoms with Gasteiger partial charge >= 0.3 is 0 Å². The zero-order chi connectivity index (χ0) is 14.7. The highest BCUT2D eigenvalue weighted by molar-refractivity contribution is 9.13. The molecule has 0 saturated heterocycles. The third-order valence-electron chi connectivity index (χ3n) is 3.01. The summed E-state index contributed by atoms with van der Waals surface area (Å²) in [6.45, 7) is 4.86. The van der Waals surface area contributed by atoms with Gasteiger partial charge in [-0.2, -0.15) is 0 Å². The molecule has 1 nitrogen and oxygen atoms in total. The fourth-order valence-electron chi connectivity index (χ4n) is 2.02. The number of halogens is 3. The van der Waals surface area contributed by atoms with Gasteiger partial charge in [0.25, 0.3) is 0 Å². The average molecular weight is 421 g/mol. The van der Waals surface area contributed by atoms with E-state index in [4.69, 9.17) is 0 Å². The fourth-order valence-corrected chi connectivity index (χ4v) is 4.21. The van der Waals surface area contributed by atoms with E-state index in [1.54, 1.807) is 17.4 Å². The Kier molecular flexibility index (Phi) is 5.78. The standard InChI is InChI=1S/C15H16Br2FNS/c1-3-6-19-14(13-8-11(16)15(17)20-13)10-5-4-9(2)7-12(10)18/h4-5,7-8,14,19H,3,6H2,1-2H3.